The van der Waals surface area contributed by atoms with E-state index in [0.717, 1.165) is 51.4 Å². The van der Waals surface area contributed by atoms with E-state index in [2.05, 4.69) is 24.9 Å². The summed E-state index contributed by atoms with van der Waals surface area (Å²) in [5.41, 5.74) is 0. The maximum absolute atomic E-state index is 5.87. The minimum atomic E-state index is -1.79. The van der Waals surface area contributed by atoms with E-state index in [4.69, 9.17) is 17.7 Å². The van der Waals surface area contributed by atoms with Gasteiger partial charge >= 0.3 is 17.1 Å². The SMILES string of the molecule is C[Si]1(CCCSCCC[Si]2(C)OCCCO2)OCCCO1. The maximum Gasteiger partial charge on any atom is 0.334 e. The summed E-state index contributed by atoms with van der Waals surface area (Å²) in [7, 11) is -3.58. The van der Waals surface area contributed by atoms with Gasteiger partial charge in [0.05, 0.1) is 0 Å². The summed E-state index contributed by atoms with van der Waals surface area (Å²) in [5, 5.41) is 0. The molecule has 7 heteroatoms. The third-order valence-corrected chi connectivity index (χ3v) is 11.0. The molecule has 0 amide bonds. The lowest BCUT2D eigenvalue weighted by Crippen LogP contribution is -2.43. The average molecular weight is 351 g/mol. The van der Waals surface area contributed by atoms with Crippen molar-refractivity contribution in [1.29, 1.82) is 0 Å². The number of hydrogen-bond acceptors (Lipinski definition) is 5. The molecule has 0 aromatic heterocycles. The Kier molecular flexibility index (Phi) is 7.74. The Balaban J connectivity index is 1.46. The predicted molar refractivity (Wildman–Crippen MR) is 92.5 cm³/mol. The number of hydrogen-bond donors (Lipinski definition) is 0. The molecule has 0 spiro atoms. The molecule has 124 valence electrons. The van der Waals surface area contributed by atoms with Gasteiger partial charge in [0.15, 0.2) is 0 Å². The lowest BCUT2D eigenvalue weighted by atomic mass is 10.5. The van der Waals surface area contributed by atoms with Crippen molar-refractivity contribution >= 4 is 28.9 Å². The molecule has 2 fully saturated rings. The van der Waals surface area contributed by atoms with E-state index < -0.39 is 17.1 Å². The predicted octanol–water partition coefficient (Wildman–Crippen LogP) is 3.52. The molecule has 21 heavy (non-hydrogen) atoms. The molecule has 0 saturated carbocycles. The first-order valence-corrected chi connectivity index (χ1v) is 14.5. The Hall–Kier alpha value is 0.624. The Morgan fingerprint density at radius 2 is 1.10 bits per heavy atom. The number of rotatable bonds is 8. The molecule has 0 N–H and O–H groups in total. The monoisotopic (exact) mass is 350 g/mol. The van der Waals surface area contributed by atoms with Crippen LogP contribution in [0.2, 0.25) is 25.2 Å². The highest BCUT2D eigenvalue weighted by atomic mass is 32.2. The summed E-state index contributed by atoms with van der Waals surface area (Å²) < 4.78 is 23.5. The summed E-state index contributed by atoms with van der Waals surface area (Å²) in [6.07, 6.45) is 4.55. The molecule has 0 unspecified atom stereocenters. The zero-order valence-corrected chi connectivity index (χ0v) is 16.3. The summed E-state index contributed by atoms with van der Waals surface area (Å²) in [5.74, 6) is 2.44. The van der Waals surface area contributed by atoms with Crippen LogP contribution in [0, 0.1) is 0 Å². The summed E-state index contributed by atoms with van der Waals surface area (Å²) >= 11 is 2.05. The van der Waals surface area contributed by atoms with E-state index in [1.165, 1.54) is 24.3 Å². The lowest BCUT2D eigenvalue weighted by Gasteiger charge is -2.31. The Bertz CT molecular complexity index is 267. The lowest BCUT2D eigenvalue weighted by molar-refractivity contribution is 0.113. The van der Waals surface area contributed by atoms with Crippen LogP contribution in [-0.2, 0) is 17.7 Å². The molecular formula is C14H30O4SSi2. The van der Waals surface area contributed by atoms with Crippen molar-refractivity contribution in [3.63, 3.8) is 0 Å². The van der Waals surface area contributed by atoms with Crippen molar-refractivity contribution in [2.75, 3.05) is 37.9 Å². The van der Waals surface area contributed by atoms with Gasteiger partial charge in [-0.15, -0.1) is 0 Å². The topological polar surface area (TPSA) is 36.9 Å². The van der Waals surface area contributed by atoms with Gasteiger partial charge in [0.25, 0.3) is 0 Å². The van der Waals surface area contributed by atoms with Crippen molar-refractivity contribution in [3.05, 3.63) is 0 Å². The third kappa shape index (κ3) is 6.72. The van der Waals surface area contributed by atoms with E-state index in [-0.39, 0.29) is 0 Å². The van der Waals surface area contributed by atoms with Crippen LogP contribution in [0.15, 0.2) is 0 Å². The standard InChI is InChI=1S/C14H30O4SSi2/c1-20(15-7-3-8-16-20)13-5-11-19-12-6-14-21(2)17-9-4-10-18-21/h3-14H2,1-2H3. The van der Waals surface area contributed by atoms with Gasteiger partial charge in [-0.1, -0.05) is 0 Å². The van der Waals surface area contributed by atoms with Gasteiger partial charge in [-0.05, 0) is 62.4 Å². The highest BCUT2D eigenvalue weighted by Crippen LogP contribution is 2.24. The molecule has 0 atom stereocenters. The van der Waals surface area contributed by atoms with E-state index in [1.54, 1.807) is 0 Å². The van der Waals surface area contributed by atoms with Gasteiger partial charge in [0, 0.05) is 26.4 Å². The van der Waals surface area contributed by atoms with Gasteiger partial charge in [0.1, 0.15) is 0 Å². The molecule has 0 aliphatic carbocycles. The van der Waals surface area contributed by atoms with Crippen molar-refractivity contribution in [3.8, 4) is 0 Å². The van der Waals surface area contributed by atoms with Crippen molar-refractivity contribution in [1.82, 2.24) is 0 Å². The zero-order valence-electron chi connectivity index (χ0n) is 13.5. The minimum Gasteiger partial charge on any atom is -0.394 e. The fourth-order valence-electron chi connectivity index (χ4n) is 2.73. The Labute approximate surface area is 135 Å². The fraction of sp³-hybridized carbons (Fsp3) is 1.00. The molecule has 2 rings (SSSR count). The van der Waals surface area contributed by atoms with E-state index >= 15 is 0 Å². The van der Waals surface area contributed by atoms with E-state index in [1.807, 2.05) is 0 Å². The second-order valence-electron chi connectivity index (χ2n) is 6.19. The maximum atomic E-state index is 5.87. The van der Waals surface area contributed by atoms with Crippen LogP contribution in [0.5, 0.6) is 0 Å². The highest BCUT2D eigenvalue weighted by molar-refractivity contribution is 7.99. The van der Waals surface area contributed by atoms with Crippen LogP contribution in [0.4, 0.5) is 0 Å². The second kappa shape index (κ2) is 9.05. The molecule has 2 saturated heterocycles. The van der Waals surface area contributed by atoms with Crippen LogP contribution < -0.4 is 0 Å². The van der Waals surface area contributed by atoms with E-state index in [9.17, 15) is 0 Å². The van der Waals surface area contributed by atoms with Crippen LogP contribution in [0.1, 0.15) is 25.7 Å². The molecule has 2 aliphatic heterocycles. The van der Waals surface area contributed by atoms with Crippen molar-refractivity contribution in [2.24, 2.45) is 0 Å². The van der Waals surface area contributed by atoms with Crippen LogP contribution in [0.3, 0.4) is 0 Å². The molecular weight excluding hydrogens is 320 g/mol. The van der Waals surface area contributed by atoms with Crippen molar-refractivity contribution in [2.45, 2.75) is 50.9 Å². The average Bonchev–Trinajstić information content (AvgIpc) is 2.47. The molecule has 0 radical (unpaired) electrons. The summed E-state index contributed by atoms with van der Waals surface area (Å²) in [6.45, 7) is 8.03. The molecule has 0 aromatic carbocycles. The van der Waals surface area contributed by atoms with E-state index in [0.29, 0.717) is 0 Å². The first-order valence-electron chi connectivity index (χ1n) is 8.26. The molecule has 0 bridgehead atoms. The van der Waals surface area contributed by atoms with Crippen LogP contribution in [0.25, 0.3) is 0 Å². The fourth-order valence-corrected chi connectivity index (χ4v) is 8.83. The smallest absolute Gasteiger partial charge is 0.334 e. The Morgan fingerprint density at radius 3 is 1.48 bits per heavy atom. The van der Waals surface area contributed by atoms with Crippen LogP contribution >= 0.6 is 11.8 Å². The molecule has 0 aromatic rings. The molecule has 2 aliphatic rings. The summed E-state index contributed by atoms with van der Waals surface area (Å²) in [6, 6.07) is 2.28. The normalized spacial score (nSPS) is 24.9. The summed E-state index contributed by atoms with van der Waals surface area (Å²) in [4.78, 5) is 0. The largest absolute Gasteiger partial charge is 0.394 e. The molecule has 4 nitrogen and oxygen atoms in total. The first kappa shape index (κ1) is 18.0. The third-order valence-electron chi connectivity index (χ3n) is 4.05. The first-order chi connectivity index (χ1) is 10.1. The van der Waals surface area contributed by atoms with Gasteiger partial charge in [0.2, 0.25) is 0 Å². The van der Waals surface area contributed by atoms with Gasteiger partial charge in [-0.3, -0.25) is 0 Å². The zero-order chi connectivity index (χ0) is 15.0. The second-order valence-corrected chi connectivity index (χ2v) is 14.1. The minimum absolute atomic E-state index is 0.902. The van der Waals surface area contributed by atoms with Crippen LogP contribution in [-0.4, -0.2) is 55.1 Å². The molecule has 2 heterocycles. The van der Waals surface area contributed by atoms with Crippen molar-refractivity contribution < 1.29 is 17.7 Å². The quantitative estimate of drug-likeness (QED) is 0.494. The number of thioether (sulfide) groups is 1. The van der Waals surface area contributed by atoms with Gasteiger partial charge in [-0.2, -0.15) is 11.8 Å². The Morgan fingerprint density at radius 1 is 0.714 bits per heavy atom. The van der Waals surface area contributed by atoms with Gasteiger partial charge < -0.3 is 17.7 Å². The van der Waals surface area contributed by atoms with Gasteiger partial charge in [-0.25, -0.2) is 0 Å². The highest BCUT2D eigenvalue weighted by Gasteiger charge is 2.34.